The molecule has 5 rings (SSSR count). The van der Waals surface area contributed by atoms with E-state index in [1.165, 1.54) is 6.20 Å². The number of nitrogens with one attached hydrogen (secondary N) is 3. The predicted molar refractivity (Wildman–Crippen MR) is 151 cm³/mol. The first-order valence-corrected chi connectivity index (χ1v) is 12.9. The van der Waals surface area contributed by atoms with Crippen molar-refractivity contribution in [2.45, 2.75) is 12.8 Å². The SMILES string of the molecule is CNC(=O)c1ccccc1Nc1nc(Nc2ccc(-n3cccc3C(=O)N3CCCC3)cc2OC)ncc1Cl. The maximum absolute atomic E-state index is 13.0. The first kappa shape index (κ1) is 26.1. The summed E-state index contributed by atoms with van der Waals surface area (Å²) in [7, 11) is 3.14. The number of carbonyl (C=O) groups excluding carboxylic acids is 2. The number of likely N-dealkylation sites (tertiary alicyclic amines) is 1. The maximum atomic E-state index is 13.0. The number of ether oxygens (including phenoxy) is 1. The summed E-state index contributed by atoms with van der Waals surface area (Å²) >= 11 is 6.36. The highest BCUT2D eigenvalue weighted by Gasteiger charge is 2.23. The van der Waals surface area contributed by atoms with Crippen LogP contribution in [0.1, 0.15) is 33.7 Å². The van der Waals surface area contributed by atoms with Crippen molar-refractivity contribution >= 4 is 46.6 Å². The van der Waals surface area contributed by atoms with E-state index >= 15 is 0 Å². The lowest BCUT2D eigenvalue weighted by atomic mass is 10.1. The molecule has 0 bridgehead atoms. The minimum absolute atomic E-state index is 0.0197. The molecular weight excluding hydrogens is 518 g/mol. The molecule has 0 unspecified atom stereocenters. The van der Waals surface area contributed by atoms with Crippen LogP contribution in [0.5, 0.6) is 5.75 Å². The predicted octanol–water partition coefficient (Wildman–Crippen LogP) is 5.01. The van der Waals surface area contributed by atoms with Crippen LogP contribution in [0.15, 0.2) is 67.0 Å². The fourth-order valence-electron chi connectivity index (χ4n) is 4.48. The smallest absolute Gasteiger partial charge is 0.270 e. The summed E-state index contributed by atoms with van der Waals surface area (Å²) in [5, 5.41) is 9.21. The lowest BCUT2D eigenvalue weighted by molar-refractivity contribution is 0.0784. The largest absolute Gasteiger partial charge is 0.494 e. The van der Waals surface area contributed by atoms with Gasteiger partial charge in [0, 0.05) is 38.1 Å². The zero-order valence-corrected chi connectivity index (χ0v) is 22.3. The Kier molecular flexibility index (Phi) is 7.64. The number of halogens is 1. The summed E-state index contributed by atoms with van der Waals surface area (Å²) in [6.45, 7) is 1.57. The van der Waals surface area contributed by atoms with E-state index in [1.807, 2.05) is 52.1 Å². The fraction of sp³-hybridized carbons (Fsp3) is 0.214. The molecule has 0 radical (unpaired) electrons. The van der Waals surface area contributed by atoms with E-state index in [1.54, 1.807) is 32.4 Å². The summed E-state index contributed by atoms with van der Waals surface area (Å²) in [6.07, 6.45) is 5.40. The number of amides is 2. The van der Waals surface area contributed by atoms with E-state index in [0.29, 0.717) is 34.2 Å². The van der Waals surface area contributed by atoms with Crippen LogP contribution >= 0.6 is 11.6 Å². The molecular formula is C28H28ClN7O3. The minimum Gasteiger partial charge on any atom is -0.494 e. The molecule has 0 atom stereocenters. The van der Waals surface area contributed by atoms with E-state index in [9.17, 15) is 9.59 Å². The van der Waals surface area contributed by atoms with Crippen molar-refractivity contribution < 1.29 is 14.3 Å². The quantitative estimate of drug-likeness (QED) is 0.285. The Bertz CT molecular complexity index is 1510. The van der Waals surface area contributed by atoms with Gasteiger partial charge in [-0.2, -0.15) is 4.98 Å². The molecule has 2 aromatic carbocycles. The zero-order valence-electron chi connectivity index (χ0n) is 21.6. The Morgan fingerprint density at radius 3 is 2.56 bits per heavy atom. The molecule has 39 heavy (non-hydrogen) atoms. The second-order valence-electron chi connectivity index (χ2n) is 8.91. The fourth-order valence-corrected chi connectivity index (χ4v) is 4.62. The van der Waals surface area contributed by atoms with E-state index in [0.717, 1.165) is 31.6 Å². The van der Waals surface area contributed by atoms with Crippen LogP contribution in [0, 0.1) is 0 Å². The number of methoxy groups -OCH3 is 1. The Morgan fingerprint density at radius 2 is 1.79 bits per heavy atom. The number of benzene rings is 2. The average molecular weight is 546 g/mol. The average Bonchev–Trinajstić information content (AvgIpc) is 3.68. The van der Waals surface area contributed by atoms with Gasteiger partial charge in [-0.15, -0.1) is 0 Å². The molecule has 1 aliphatic rings. The number of hydrogen-bond acceptors (Lipinski definition) is 7. The maximum Gasteiger partial charge on any atom is 0.270 e. The minimum atomic E-state index is -0.237. The molecule has 4 aromatic rings. The van der Waals surface area contributed by atoms with Gasteiger partial charge in [0.2, 0.25) is 5.95 Å². The normalized spacial score (nSPS) is 12.7. The topological polar surface area (TPSA) is 113 Å². The highest BCUT2D eigenvalue weighted by Crippen LogP contribution is 2.32. The lowest BCUT2D eigenvalue weighted by Gasteiger charge is -2.18. The van der Waals surface area contributed by atoms with Gasteiger partial charge >= 0.3 is 0 Å². The molecule has 1 saturated heterocycles. The summed E-state index contributed by atoms with van der Waals surface area (Å²) in [5.74, 6) is 0.930. The van der Waals surface area contributed by atoms with Gasteiger partial charge in [0.1, 0.15) is 16.5 Å². The molecule has 2 amide bonds. The van der Waals surface area contributed by atoms with Gasteiger partial charge in [0.15, 0.2) is 5.82 Å². The highest BCUT2D eigenvalue weighted by atomic mass is 35.5. The van der Waals surface area contributed by atoms with Gasteiger partial charge in [-0.3, -0.25) is 9.59 Å². The van der Waals surface area contributed by atoms with Gasteiger partial charge in [-0.05, 0) is 49.2 Å². The summed E-state index contributed by atoms with van der Waals surface area (Å²) in [6, 6.07) is 16.3. The van der Waals surface area contributed by atoms with Crippen molar-refractivity contribution in [3.05, 3.63) is 83.3 Å². The molecule has 1 fully saturated rings. The monoisotopic (exact) mass is 545 g/mol. The first-order valence-electron chi connectivity index (χ1n) is 12.5. The van der Waals surface area contributed by atoms with Crippen LogP contribution < -0.4 is 20.7 Å². The number of rotatable bonds is 8. The number of nitrogens with zero attached hydrogens (tertiary/aromatic N) is 4. The Hall–Kier alpha value is -4.57. The number of hydrogen-bond donors (Lipinski definition) is 3. The van der Waals surface area contributed by atoms with Crippen LogP contribution in [-0.2, 0) is 0 Å². The van der Waals surface area contributed by atoms with Gasteiger partial charge in [0.05, 0.1) is 30.2 Å². The third kappa shape index (κ3) is 5.51. The van der Waals surface area contributed by atoms with E-state index in [-0.39, 0.29) is 22.8 Å². The molecule has 0 saturated carbocycles. The molecule has 3 heterocycles. The van der Waals surface area contributed by atoms with Crippen LogP contribution in [0.3, 0.4) is 0 Å². The van der Waals surface area contributed by atoms with E-state index in [4.69, 9.17) is 16.3 Å². The second kappa shape index (κ2) is 11.4. The van der Waals surface area contributed by atoms with Crippen LogP contribution in [0.2, 0.25) is 5.02 Å². The van der Waals surface area contributed by atoms with Crippen molar-refractivity contribution in [1.82, 2.24) is 24.8 Å². The van der Waals surface area contributed by atoms with Gasteiger partial charge < -0.3 is 30.2 Å². The first-order chi connectivity index (χ1) is 19.0. The van der Waals surface area contributed by atoms with Gasteiger partial charge in [-0.1, -0.05) is 23.7 Å². The Balaban J connectivity index is 1.39. The third-order valence-electron chi connectivity index (χ3n) is 6.47. The van der Waals surface area contributed by atoms with E-state index in [2.05, 4.69) is 25.9 Å². The van der Waals surface area contributed by atoms with Crippen molar-refractivity contribution in [3.8, 4) is 11.4 Å². The number of carbonyl (C=O) groups is 2. The number of anilines is 4. The third-order valence-corrected chi connectivity index (χ3v) is 6.74. The summed E-state index contributed by atoms with van der Waals surface area (Å²) < 4.78 is 7.51. The van der Waals surface area contributed by atoms with Crippen LogP contribution in [-0.4, -0.2) is 58.5 Å². The number of aromatic nitrogens is 3. The van der Waals surface area contributed by atoms with Gasteiger partial charge in [-0.25, -0.2) is 4.98 Å². The van der Waals surface area contributed by atoms with Crippen LogP contribution in [0.4, 0.5) is 23.1 Å². The van der Waals surface area contributed by atoms with Crippen molar-refractivity contribution in [2.24, 2.45) is 0 Å². The van der Waals surface area contributed by atoms with Crippen molar-refractivity contribution in [2.75, 3.05) is 37.9 Å². The number of para-hydroxylation sites is 1. The molecule has 11 heteroatoms. The van der Waals surface area contributed by atoms with Crippen molar-refractivity contribution in [1.29, 1.82) is 0 Å². The summed E-state index contributed by atoms with van der Waals surface area (Å²) in [5.41, 5.74) is 3.02. The van der Waals surface area contributed by atoms with Gasteiger partial charge in [0.25, 0.3) is 11.8 Å². The standard InChI is InChI=1S/C28H28ClN7O3/c1-30-26(37)19-8-3-4-9-21(19)32-25-20(29)17-31-28(34-25)33-22-12-11-18(16-24(22)39-2)36-15-7-10-23(36)27(38)35-13-5-6-14-35/h3-4,7-12,15-17H,5-6,13-14H2,1-2H3,(H,30,37)(H2,31,32,33,34). The molecule has 1 aliphatic heterocycles. The lowest BCUT2D eigenvalue weighted by Crippen LogP contribution is -2.29. The van der Waals surface area contributed by atoms with Crippen LogP contribution in [0.25, 0.3) is 5.69 Å². The molecule has 3 N–H and O–H groups in total. The second-order valence-corrected chi connectivity index (χ2v) is 9.32. The molecule has 0 spiro atoms. The summed E-state index contributed by atoms with van der Waals surface area (Å²) in [4.78, 5) is 36.0. The zero-order chi connectivity index (χ0) is 27.4. The Morgan fingerprint density at radius 1 is 1.00 bits per heavy atom. The molecule has 200 valence electrons. The molecule has 2 aromatic heterocycles. The highest BCUT2D eigenvalue weighted by molar-refractivity contribution is 6.33. The van der Waals surface area contributed by atoms with Crippen molar-refractivity contribution in [3.63, 3.8) is 0 Å². The Labute approximate surface area is 231 Å². The molecule has 0 aliphatic carbocycles. The van der Waals surface area contributed by atoms with E-state index < -0.39 is 0 Å². The molecule has 10 nitrogen and oxygen atoms in total.